The van der Waals surface area contributed by atoms with Gasteiger partial charge in [0.25, 0.3) is 0 Å². The molecule has 0 aliphatic rings. The fourth-order valence-corrected chi connectivity index (χ4v) is 3.93. The van der Waals surface area contributed by atoms with Gasteiger partial charge in [-0.3, -0.25) is 4.79 Å². The van der Waals surface area contributed by atoms with Gasteiger partial charge in [-0.1, -0.05) is 134 Å². The molecule has 0 heterocycles. The average molecular weight is 402 g/mol. The van der Waals surface area contributed by atoms with Crippen LogP contribution in [-0.4, -0.2) is 5.91 Å². The molecule has 0 aliphatic heterocycles. The molecule has 1 rings (SSSR count). The van der Waals surface area contributed by atoms with E-state index in [4.69, 9.17) is 0 Å². The Morgan fingerprint density at radius 3 is 1.38 bits per heavy atom. The number of hydrogen-bond acceptors (Lipinski definition) is 1. The van der Waals surface area contributed by atoms with E-state index in [9.17, 15) is 4.79 Å². The summed E-state index contributed by atoms with van der Waals surface area (Å²) in [6.07, 6.45) is 25.4. The number of carbonyl (C=O) groups excluding carboxylic acids is 1. The maximum atomic E-state index is 11.9. The molecule has 0 aromatic heterocycles. The van der Waals surface area contributed by atoms with Crippen LogP contribution in [0.25, 0.3) is 0 Å². The Balaban J connectivity index is 1.73. The lowest BCUT2D eigenvalue weighted by molar-refractivity contribution is -0.116. The monoisotopic (exact) mass is 401 g/mol. The molecule has 0 spiro atoms. The predicted molar refractivity (Wildman–Crippen MR) is 128 cm³/mol. The van der Waals surface area contributed by atoms with Gasteiger partial charge in [0.1, 0.15) is 0 Å². The topological polar surface area (TPSA) is 29.1 Å². The summed E-state index contributed by atoms with van der Waals surface area (Å²) in [4.78, 5) is 11.9. The summed E-state index contributed by atoms with van der Waals surface area (Å²) in [5.74, 6) is 0.146. The Morgan fingerprint density at radius 1 is 0.586 bits per heavy atom. The molecule has 1 amide bonds. The van der Waals surface area contributed by atoms with Crippen molar-refractivity contribution in [1.82, 2.24) is 0 Å². The summed E-state index contributed by atoms with van der Waals surface area (Å²) in [7, 11) is 0. The first kappa shape index (κ1) is 25.7. The minimum absolute atomic E-state index is 0.146. The molecule has 0 atom stereocenters. The number of amides is 1. The molecule has 0 radical (unpaired) electrons. The first-order valence-corrected chi connectivity index (χ1v) is 12.7. The number of carbonyl (C=O) groups is 1. The molecule has 0 bridgehead atoms. The summed E-state index contributed by atoms with van der Waals surface area (Å²) < 4.78 is 0. The highest BCUT2D eigenvalue weighted by Crippen LogP contribution is 2.15. The SMILES string of the molecule is CCCCCCCCCCCCCCCCCCCCC(=O)Nc1ccccc1. The van der Waals surface area contributed by atoms with E-state index in [-0.39, 0.29) is 5.91 Å². The third-order valence-electron chi connectivity index (χ3n) is 5.81. The molecule has 0 aliphatic carbocycles. The van der Waals surface area contributed by atoms with Crippen molar-refractivity contribution in [2.75, 3.05) is 5.32 Å². The second-order valence-electron chi connectivity index (χ2n) is 8.67. The molecule has 1 aromatic rings. The van der Waals surface area contributed by atoms with E-state index >= 15 is 0 Å². The van der Waals surface area contributed by atoms with Gasteiger partial charge in [0.15, 0.2) is 0 Å². The molecule has 1 N–H and O–H groups in total. The first-order chi connectivity index (χ1) is 14.3. The van der Waals surface area contributed by atoms with Crippen molar-refractivity contribution in [3.63, 3.8) is 0 Å². The lowest BCUT2D eigenvalue weighted by Gasteiger charge is -2.05. The quantitative estimate of drug-likeness (QED) is 0.217. The molecule has 2 nitrogen and oxygen atoms in total. The zero-order valence-electron chi connectivity index (χ0n) is 19.2. The summed E-state index contributed by atoms with van der Waals surface area (Å²) >= 11 is 0. The summed E-state index contributed by atoms with van der Waals surface area (Å²) in [5.41, 5.74) is 0.903. The molecule has 0 fully saturated rings. The van der Waals surface area contributed by atoms with Crippen LogP contribution in [0.15, 0.2) is 30.3 Å². The van der Waals surface area contributed by atoms with Crippen LogP contribution in [0.5, 0.6) is 0 Å². The van der Waals surface area contributed by atoms with Crippen LogP contribution in [-0.2, 0) is 4.79 Å². The summed E-state index contributed by atoms with van der Waals surface area (Å²) in [6.45, 7) is 2.29. The number of para-hydroxylation sites is 1. The van der Waals surface area contributed by atoms with Crippen molar-refractivity contribution >= 4 is 11.6 Å². The first-order valence-electron chi connectivity index (χ1n) is 12.7. The fraction of sp³-hybridized carbons (Fsp3) is 0.741. The highest BCUT2D eigenvalue weighted by atomic mass is 16.1. The van der Waals surface area contributed by atoms with E-state index in [0.29, 0.717) is 6.42 Å². The minimum atomic E-state index is 0.146. The van der Waals surface area contributed by atoms with Crippen molar-refractivity contribution in [2.24, 2.45) is 0 Å². The molecular weight excluding hydrogens is 354 g/mol. The molecule has 1 aromatic carbocycles. The van der Waals surface area contributed by atoms with Crippen molar-refractivity contribution in [2.45, 2.75) is 129 Å². The fourth-order valence-electron chi connectivity index (χ4n) is 3.93. The van der Waals surface area contributed by atoms with E-state index in [1.54, 1.807) is 0 Å². The van der Waals surface area contributed by atoms with Crippen LogP contribution < -0.4 is 5.32 Å². The smallest absolute Gasteiger partial charge is 0.224 e. The third kappa shape index (κ3) is 17.3. The summed E-state index contributed by atoms with van der Waals surface area (Å²) in [5, 5.41) is 2.96. The van der Waals surface area contributed by atoms with E-state index in [0.717, 1.165) is 12.1 Å². The average Bonchev–Trinajstić information content (AvgIpc) is 2.73. The van der Waals surface area contributed by atoms with Crippen LogP contribution >= 0.6 is 0 Å². The van der Waals surface area contributed by atoms with Gasteiger partial charge in [0, 0.05) is 12.1 Å². The second-order valence-corrected chi connectivity index (χ2v) is 8.67. The molecule has 0 saturated carbocycles. The van der Waals surface area contributed by atoms with E-state index in [2.05, 4.69) is 12.2 Å². The zero-order chi connectivity index (χ0) is 20.8. The zero-order valence-corrected chi connectivity index (χ0v) is 19.2. The van der Waals surface area contributed by atoms with Crippen LogP contribution in [0, 0.1) is 0 Å². The number of rotatable bonds is 20. The number of hydrogen-bond donors (Lipinski definition) is 1. The van der Waals surface area contributed by atoms with Crippen LogP contribution in [0.2, 0.25) is 0 Å². The van der Waals surface area contributed by atoms with Crippen molar-refractivity contribution < 1.29 is 4.79 Å². The van der Waals surface area contributed by atoms with Gasteiger partial charge in [-0.05, 0) is 18.6 Å². The lowest BCUT2D eigenvalue weighted by atomic mass is 10.0. The molecule has 29 heavy (non-hydrogen) atoms. The predicted octanol–water partition coefficient (Wildman–Crippen LogP) is 9.06. The van der Waals surface area contributed by atoms with E-state index < -0.39 is 0 Å². The van der Waals surface area contributed by atoms with Crippen LogP contribution in [0.3, 0.4) is 0 Å². The van der Waals surface area contributed by atoms with Gasteiger partial charge in [0.2, 0.25) is 5.91 Å². The maximum Gasteiger partial charge on any atom is 0.224 e. The van der Waals surface area contributed by atoms with E-state index in [1.165, 1.54) is 109 Å². The van der Waals surface area contributed by atoms with Gasteiger partial charge in [-0.15, -0.1) is 0 Å². The molecule has 0 saturated heterocycles. The van der Waals surface area contributed by atoms with Crippen molar-refractivity contribution in [3.05, 3.63) is 30.3 Å². The Bertz CT molecular complexity index is 471. The largest absolute Gasteiger partial charge is 0.326 e. The Labute approximate surface area is 181 Å². The molecule has 0 unspecified atom stereocenters. The van der Waals surface area contributed by atoms with Gasteiger partial charge < -0.3 is 5.32 Å². The van der Waals surface area contributed by atoms with Crippen LogP contribution in [0.1, 0.15) is 129 Å². The van der Waals surface area contributed by atoms with Gasteiger partial charge in [-0.25, -0.2) is 0 Å². The van der Waals surface area contributed by atoms with E-state index in [1.807, 2.05) is 30.3 Å². The number of benzene rings is 1. The Kier molecular flexibility index (Phi) is 17.7. The maximum absolute atomic E-state index is 11.9. The number of nitrogens with one attached hydrogen (secondary N) is 1. The lowest BCUT2D eigenvalue weighted by Crippen LogP contribution is -2.10. The number of anilines is 1. The highest BCUT2D eigenvalue weighted by Gasteiger charge is 2.01. The van der Waals surface area contributed by atoms with Gasteiger partial charge >= 0.3 is 0 Å². The van der Waals surface area contributed by atoms with Crippen LogP contribution in [0.4, 0.5) is 5.69 Å². The summed E-state index contributed by atoms with van der Waals surface area (Å²) in [6, 6.07) is 9.74. The van der Waals surface area contributed by atoms with Gasteiger partial charge in [-0.2, -0.15) is 0 Å². The minimum Gasteiger partial charge on any atom is -0.326 e. The molecule has 166 valence electrons. The highest BCUT2D eigenvalue weighted by molar-refractivity contribution is 5.90. The number of unbranched alkanes of at least 4 members (excludes halogenated alkanes) is 17. The second kappa shape index (κ2) is 20.0. The third-order valence-corrected chi connectivity index (χ3v) is 5.81. The molecule has 2 heteroatoms. The van der Waals surface area contributed by atoms with Crippen molar-refractivity contribution in [3.8, 4) is 0 Å². The van der Waals surface area contributed by atoms with Gasteiger partial charge in [0.05, 0.1) is 0 Å². The standard InChI is InChI=1S/C27H47NO/c1-2-3-4-5-6-7-8-9-10-11-12-13-14-15-16-17-18-22-25-27(29)28-26-23-20-19-21-24-26/h19-21,23-24H,2-18,22,25H2,1H3,(H,28,29). The molecular formula is C27H47NO. The normalized spacial score (nSPS) is 10.9. The Hall–Kier alpha value is -1.31. The van der Waals surface area contributed by atoms with Crippen molar-refractivity contribution in [1.29, 1.82) is 0 Å². The Morgan fingerprint density at radius 2 is 0.966 bits per heavy atom.